The molecule has 0 saturated carbocycles. The average Bonchev–Trinajstić information content (AvgIpc) is 2.25. The summed E-state index contributed by atoms with van der Waals surface area (Å²) < 4.78 is 4.98. The molecule has 0 aliphatic heterocycles. The van der Waals surface area contributed by atoms with Crippen LogP contribution in [0.25, 0.3) is 0 Å². The molecule has 1 unspecified atom stereocenters. The Morgan fingerprint density at radius 3 is 3.00 bits per heavy atom. The Morgan fingerprint density at radius 1 is 1.67 bits per heavy atom. The number of hydrogen-bond donors (Lipinski definition) is 1. The first-order chi connectivity index (χ1) is 7.13. The first-order valence-corrected chi connectivity index (χ1v) is 4.80. The summed E-state index contributed by atoms with van der Waals surface area (Å²) in [5, 5.41) is 2.85. The third-order valence-electron chi connectivity index (χ3n) is 1.79. The second kappa shape index (κ2) is 5.63. The molecule has 1 amide bonds. The molecule has 1 heterocycles. The Balaban J connectivity index is 2.54. The number of methoxy groups -OCH3 is 1. The van der Waals surface area contributed by atoms with Gasteiger partial charge in [-0.05, 0) is 6.92 Å². The van der Waals surface area contributed by atoms with Crippen LogP contribution in [0, 0.1) is 0 Å². The summed E-state index contributed by atoms with van der Waals surface area (Å²) in [7, 11) is 1.58. The molecule has 6 heteroatoms. The maximum atomic E-state index is 11.5. The topological polar surface area (TPSA) is 64.1 Å². The van der Waals surface area contributed by atoms with Crippen LogP contribution in [0.2, 0.25) is 5.15 Å². The molecule has 82 valence electrons. The zero-order chi connectivity index (χ0) is 11.3. The molecule has 1 aromatic rings. The van der Waals surface area contributed by atoms with Gasteiger partial charge in [0.15, 0.2) is 0 Å². The van der Waals surface area contributed by atoms with Gasteiger partial charge in [-0.25, -0.2) is 4.98 Å². The van der Waals surface area contributed by atoms with E-state index < -0.39 is 0 Å². The van der Waals surface area contributed by atoms with Crippen molar-refractivity contribution in [3.05, 3.63) is 23.2 Å². The van der Waals surface area contributed by atoms with Gasteiger partial charge in [0.05, 0.1) is 18.5 Å². The monoisotopic (exact) mass is 229 g/mol. The van der Waals surface area contributed by atoms with E-state index in [1.807, 2.05) is 6.92 Å². The van der Waals surface area contributed by atoms with Crippen molar-refractivity contribution in [2.24, 2.45) is 0 Å². The molecule has 1 rings (SSSR count). The predicted octanol–water partition coefficient (Wildman–Crippen LogP) is 0.895. The highest BCUT2D eigenvalue weighted by Gasteiger charge is 2.09. The van der Waals surface area contributed by atoms with Crippen LogP contribution in [-0.4, -0.2) is 35.6 Å². The van der Waals surface area contributed by atoms with Crippen molar-refractivity contribution in [2.45, 2.75) is 13.0 Å². The molecule has 0 saturated heterocycles. The minimum atomic E-state index is -0.311. The molecule has 0 aliphatic rings. The number of nitrogens with one attached hydrogen (secondary N) is 1. The largest absolute Gasteiger partial charge is 0.380 e. The summed E-state index contributed by atoms with van der Waals surface area (Å²) in [6.45, 7) is 2.27. The number of carbonyl (C=O) groups is 1. The van der Waals surface area contributed by atoms with E-state index in [-0.39, 0.29) is 22.9 Å². The Hall–Kier alpha value is -1.20. The van der Waals surface area contributed by atoms with Gasteiger partial charge in [0, 0.05) is 13.7 Å². The van der Waals surface area contributed by atoms with Crippen molar-refractivity contribution in [1.82, 2.24) is 15.3 Å². The summed E-state index contributed by atoms with van der Waals surface area (Å²) in [5.74, 6) is -0.311. The Kier molecular flexibility index (Phi) is 4.45. The molecular formula is C9H12ClN3O2. The van der Waals surface area contributed by atoms with E-state index in [1.54, 1.807) is 7.11 Å². The van der Waals surface area contributed by atoms with Gasteiger partial charge in [0.1, 0.15) is 10.8 Å². The number of rotatable bonds is 4. The summed E-state index contributed by atoms with van der Waals surface area (Å²) >= 11 is 5.60. The Morgan fingerprint density at radius 2 is 2.40 bits per heavy atom. The molecule has 1 N–H and O–H groups in total. The number of hydrogen-bond acceptors (Lipinski definition) is 4. The fraction of sp³-hybridized carbons (Fsp3) is 0.444. The van der Waals surface area contributed by atoms with E-state index in [1.165, 1.54) is 12.4 Å². The summed E-state index contributed by atoms with van der Waals surface area (Å²) in [6, 6.07) is 0. The second-order valence-corrected chi connectivity index (χ2v) is 3.37. The van der Waals surface area contributed by atoms with Crippen LogP contribution in [0.1, 0.15) is 17.4 Å². The normalized spacial score (nSPS) is 12.2. The lowest BCUT2D eigenvalue weighted by Gasteiger charge is -2.09. The van der Waals surface area contributed by atoms with E-state index in [0.717, 1.165) is 0 Å². The third-order valence-corrected chi connectivity index (χ3v) is 1.97. The summed E-state index contributed by atoms with van der Waals surface area (Å²) in [4.78, 5) is 19.1. The fourth-order valence-electron chi connectivity index (χ4n) is 0.862. The number of nitrogens with zero attached hydrogens (tertiary/aromatic N) is 2. The highest BCUT2D eigenvalue weighted by molar-refractivity contribution is 6.29. The maximum Gasteiger partial charge on any atom is 0.271 e. The zero-order valence-corrected chi connectivity index (χ0v) is 9.28. The van der Waals surface area contributed by atoms with E-state index in [0.29, 0.717) is 6.54 Å². The van der Waals surface area contributed by atoms with Crippen molar-refractivity contribution in [3.63, 3.8) is 0 Å². The van der Waals surface area contributed by atoms with E-state index >= 15 is 0 Å². The minimum Gasteiger partial charge on any atom is -0.380 e. The summed E-state index contributed by atoms with van der Waals surface area (Å²) in [6.07, 6.45) is 2.69. The van der Waals surface area contributed by atoms with E-state index in [2.05, 4.69) is 15.3 Å². The first-order valence-electron chi connectivity index (χ1n) is 4.42. The quantitative estimate of drug-likeness (QED) is 0.833. The average molecular weight is 230 g/mol. The SMILES string of the molecule is COC(C)CNC(=O)c1cncc(Cl)n1. The number of carbonyl (C=O) groups excluding carboxylic acids is 1. The molecule has 15 heavy (non-hydrogen) atoms. The third kappa shape index (κ3) is 3.81. The van der Waals surface area contributed by atoms with E-state index in [4.69, 9.17) is 16.3 Å². The van der Waals surface area contributed by atoms with Gasteiger partial charge in [-0.15, -0.1) is 0 Å². The van der Waals surface area contributed by atoms with Crippen LogP contribution in [0.5, 0.6) is 0 Å². The molecule has 0 radical (unpaired) electrons. The lowest BCUT2D eigenvalue weighted by atomic mass is 10.3. The first kappa shape index (κ1) is 11.9. The molecule has 1 aromatic heterocycles. The smallest absolute Gasteiger partial charge is 0.271 e. The van der Waals surface area contributed by atoms with Crippen molar-refractivity contribution in [2.75, 3.05) is 13.7 Å². The number of aromatic nitrogens is 2. The molecule has 5 nitrogen and oxygen atoms in total. The van der Waals surface area contributed by atoms with Crippen LogP contribution in [-0.2, 0) is 4.74 Å². The zero-order valence-electron chi connectivity index (χ0n) is 8.53. The number of amides is 1. The van der Waals surface area contributed by atoms with Crippen molar-refractivity contribution in [3.8, 4) is 0 Å². The maximum absolute atomic E-state index is 11.5. The standard InChI is InChI=1S/C9H12ClN3O2/c1-6(15-2)3-12-9(14)7-4-11-5-8(10)13-7/h4-6H,3H2,1-2H3,(H,12,14). The molecule has 0 bridgehead atoms. The van der Waals surface area contributed by atoms with Gasteiger partial charge >= 0.3 is 0 Å². The Labute approximate surface area is 92.8 Å². The molecule has 0 aliphatic carbocycles. The fourth-order valence-corrected chi connectivity index (χ4v) is 1.01. The molecule has 0 spiro atoms. The lowest BCUT2D eigenvalue weighted by Crippen LogP contribution is -2.32. The van der Waals surface area contributed by atoms with Gasteiger partial charge in [0.2, 0.25) is 0 Å². The van der Waals surface area contributed by atoms with E-state index in [9.17, 15) is 4.79 Å². The van der Waals surface area contributed by atoms with Crippen LogP contribution in [0.3, 0.4) is 0 Å². The van der Waals surface area contributed by atoms with Gasteiger partial charge in [-0.2, -0.15) is 0 Å². The van der Waals surface area contributed by atoms with Gasteiger partial charge in [0.25, 0.3) is 5.91 Å². The van der Waals surface area contributed by atoms with Gasteiger partial charge in [-0.1, -0.05) is 11.6 Å². The van der Waals surface area contributed by atoms with Crippen LogP contribution < -0.4 is 5.32 Å². The number of ether oxygens (including phenoxy) is 1. The molecule has 0 aromatic carbocycles. The highest BCUT2D eigenvalue weighted by Crippen LogP contribution is 2.02. The Bertz CT molecular complexity index is 346. The molecule has 0 fully saturated rings. The van der Waals surface area contributed by atoms with Crippen LogP contribution >= 0.6 is 11.6 Å². The summed E-state index contributed by atoms with van der Waals surface area (Å²) in [5.41, 5.74) is 0.200. The predicted molar refractivity (Wildman–Crippen MR) is 55.8 cm³/mol. The van der Waals surface area contributed by atoms with Crippen molar-refractivity contribution < 1.29 is 9.53 Å². The van der Waals surface area contributed by atoms with Crippen LogP contribution in [0.15, 0.2) is 12.4 Å². The second-order valence-electron chi connectivity index (χ2n) is 2.98. The highest BCUT2D eigenvalue weighted by atomic mass is 35.5. The van der Waals surface area contributed by atoms with Crippen LogP contribution in [0.4, 0.5) is 0 Å². The van der Waals surface area contributed by atoms with Crippen molar-refractivity contribution in [1.29, 1.82) is 0 Å². The molecular weight excluding hydrogens is 218 g/mol. The number of halogens is 1. The van der Waals surface area contributed by atoms with Gasteiger partial charge < -0.3 is 10.1 Å². The lowest BCUT2D eigenvalue weighted by molar-refractivity contribution is 0.0866. The minimum absolute atomic E-state index is 0.0407. The van der Waals surface area contributed by atoms with Gasteiger partial charge in [-0.3, -0.25) is 9.78 Å². The molecule has 1 atom stereocenters. The van der Waals surface area contributed by atoms with Crippen molar-refractivity contribution >= 4 is 17.5 Å².